The number of piperidine rings is 1. The normalized spacial score (nSPS) is 20.1. The van der Waals surface area contributed by atoms with Crippen molar-refractivity contribution in [3.8, 4) is 11.4 Å². The monoisotopic (exact) mass is 494 g/mol. The number of carbonyl (C=O) groups excluding carboxylic acids is 1. The first-order valence-electron chi connectivity index (χ1n) is 11.4. The summed E-state index contributed by atoms with van der Waals surface area (Å²) in [5.41, 5.74) is 0.520. The molecule has 2 aliphatic heterocycles. The zero-order chi connectivity index (χ0) is 25.4. The van der Waals surface area contributed by atoms with Crippen LogP contribution in [0.5, 0.6) is 5.75 Å². The first kappa shape index (κ1) is 23.5. The van der Waals surface area contributed by atoms with Crippen LogP contribution in [0.25, 0.3) is 11.8 Å². The maximum Gasteiger partial charge on any atom is 0.380 e. The van der Waals surface area contributed by atoms with Crippen LogP contribution in [-0.2, 0) is 20.1 Å². The first-order chi connectivity index (χ1) is 17.4. The number of hydrogen-bond donors (Lipinski definition) is 0. The van der Waals surface area contributed by atoms with E-state index in [1.165, 1.54) is 11.0 Å². The third kappa shape index (κ3) is 3.69. The second-order valence-corrected chi connectivity index (χ2v) is 8.52. The van der Waals surface area contributed by atoms with Crippen LogP contribution in [0.15, 0.2) is 59.7 Å². The fourth-order valence-corrected chi connectivity index (χ4v) is 4.67. The Morgan fingerprint density at radius 2 is 1.97 bits per heavy atom. The Balaban J connectivity index is 1.54. The van der Waals surface area contributed by atoms with E-state index in [2.05, 4.69) is 10.1 Å². The fraction of sp³-hybridized carbons (Fsp3) is 0.269. The number of oxime groups is 1. The predicted molar refractivity (Wildman–Crippen MR) is 127 cm³/mol. The number of benzene rings is 2. The van der Waals surface area contributed by atoms with E-state index in [4.69, 9.17) is 14.3 Å². The number of hydrogen-bond acceptors (Lipinski definition) is 7. The van der Waals surface area contributed by atoms with Crippen molar-refractivity contribution in [1.82, 2.24) is 14.5 Å². The van der Waals surface area contributed by atoms with Gasteiger partial charge in [0.2, 0.25) is 0 Å². The molecule has 36 heavy (non-hydrogen) atoms. The minimum Gasteiger partial charge on any atom is -0.495 e. The molecule has 3 aromatic rings. The van der Waals surface area contributed by atoms with Crippen LogP contribution >= 0.6 is 0 Å². The predicted octanol–water partition coefficient (Wildman–Crippen LogP) is 4.32. The van der Waals surface area contributed by atoms with Gasteiger partial charge in [-0.3, -0.25) is 0 Å². The van der Waals surface area contributed by atoms with Crippen molar-refractivity contribution >= 4 is 17.9 Å². The Morgan fingerprint density at radius 1 is 1.19 bits per heavy atom. The number of aryl methyl sites for hydroxylation is 1. The van der Waals surface area contributed by atoms with Crippen LogP contribution in [0.4, 0.5) is 8.78 Å². The third-order valence-electron chi connectivity index (χ3n) is 6.31. The summed E-state index contributed by atoms with van der Waals surface area (Å²) in [6.07, 6.45) is 6.73. The highest BCUT2D eigenvalue weighted by atomic mass is 19.1. The number of fused-ring (bicyclic) bond motifs is 1. The molecule has 0 amide bonds. The van der Waals surface area contributed by atoms with Crippen LogP contribution < -0.4 is 4.74 Å². The topological polar surface area (TPSA) is 78.2 Å². The van der Waals surface area contributed by atoms with Gasteiger partial charge in [0.15, 0.2) is 5.84 Å². The van der Waals surface area contributed by atoms with Crippen molar-refractivity contribution in [1.29, 1.82) is 0 Å². The van der Waals surface area contributed by atoms with Gasteiger partial charge >= 0.3 is 11.7 Å². The van der Waals surface area contributed by atoms with Crippen molar-refractivity contribution in [2.75, 3.05) is 20.8 Å². The summed E-state index contributed by atoms with van der Waals surface area (Å²) in [5, 5.41) is 4.12. The molecule has 0 saturated carbocycles. The highest BCUT2D eigenvalue weighted by Crippen LogP contribution is 2.43. The molecule has 0 spiro atoms. The number of carbonyl (C=O) groups is 1. The van der Waals surface area contributed by atoms with Gasteiger partial charge in [-0.1, -0.05) is 17.3 Å². The summed E-state index contributed by atoms with van der Waals surface area (Å²) in [5.74, 6) is -1.86. The van der Waals surface area contributed by atoms with Gasteiger partial charge < -0.3 is 23.8 Å². The van der Waals surface area contributed by atoms with Gasteiger partial charge in [0.25, 0.3) is 0 Å². The molecule has 1 saturated heterocycles. The molecule has 1 fully saturated rings. The molecule has 1 aromatic heterocycles. The average Bonchev–Trinajstić information content (AvgIpc) is 3.48. The molecule has 2 aliphatic rings. The Bertz CT molecular complexity index is 1380. The number of methoxy groups -OCH3 is 2. The lowest BCUT2D eigenvalue weighted by Gasteiger charge is -2.37. The van der Waals surface area contributed by atoms with Crippen LogP contribution in [-0.4, -0.2) is 47.0 Å². The number of aromatic nitrogens is 2. The quantitative estimate of drug-likeness (QED) is 0.492. The van der Waals surface area contributed by atoms with Crippen molar-refractivity contribution in [2.45, 2.75) is 25.5 Å². The molecular formula is C26H24F2N4O4. The Morgan fingerprint density at radius 3 is 2.64 bits per heavy atom. The molecule has 0 radical (unpaired) electrons. The molecule has 0 aliphatic carbocycles. The van der Waals surface area contributed by atoms with E-state index in [0.29, 0.717) is 31.0 Å². The van der Waals surface area contributed by atoms with Gasteiger partial charge in [-0.25, -0.2) is 18.6 Å². The number of nitrogens with zero attached hydrogens (tertiary/aromatic N) is 4. The second kappa shape index (κ2) is 9.10. The molecule has 10 heteroatoms. The van der Waals surface area contributed by atoms with Crippen molar-refractivity contribution in [3.63, 3.8) is 0 Å². The summed E-state index contributed by atoms with van der Waals surface area (Å²) in [6.45, 7) is 2.20. The SMILES string of the molecule is COC(=O)C1(c2c(F)cccc2F)ON=C2C(=Cc3ccc(-n4cnc(C)c4)c(OC)c3)CCCN21. The molecule has 1 atom stereocenters. The van der Waals surface area contributed by atoms with E-state index in [9.17, 15) is 13.6 Å². The van der Waals surface area contributed by atoms with Crippen LogP contribution in [0.3, 0.4) is 0 Å². The molecule has 0 bridgehead atoms. The maximum atomic E-state index is 14.9. The molecule has 0 N–H and O–H groups in total. The summed E-state index contributed by atoms with van der Waals surface area (Å²) < 4.78 is 42.1. The van der Waals surface area contributed by atoms with Crippen molar-refractivity contribution < 1.29 is 27.9 Å². The van der Waals surface area contributed by atoms with Gasteiger partial charge in [-0.2, -0.15) is 0 Å². The Kier molecular flexibility index (Phi) is 5.95. The number of esters is 1. The van der Waals surface area contributed by atoms with Gasteiger partial charge in [0.1, 0.15) is 22.9 Å². The lowest BCUT2D eigenvalue weighted by Crippen LogP contribution is -2.55. The highest BCUT2D eigenvalue weighted by Gasteiger charge is 2.59. The summed E-state index contributed by atoms with van der Waals surface area (Å²) in [6, 6.07) is 9.06. The molecule has 2 aromatic carbocycles. The largest absolute Gasteiger partial charge is 0.495 e. The van der Waals surface area contributed by atoms with E-state index in [1.54, 1.807) is 13.4 Å². The standard InChI is InChI=1S/C26H24F2N4O4/c1-16-14-31(15-29-16)21-10-9-17(13-22(21)34-2)12-18-6-5-11-32-24(18)30-36-26(32,25(33)35-3)23-19(27)7-4-8-20(23)28/h4,7-10,12-15H,5-6,11H2,1-3H3. The molecule has 1 unspecified atom stereocenters. The van der Waals surface area contributed by atoms with E-state index >= 15 is 0 Å². The maximum absolute atomic E-state index is 14.9. The van der Waals surface area contributed by atoms with Crippen LogP contribution in [0, 0.1) is 18.6 Å². The number of amidine groups is 1. The van der Waals surface area contributed by atoms with Gasteiger partial charge in [-0.05, 0) is 61.2 Å². The Labute approximate surface area is 206 Å². The van der Waals surface area contributed by atoms with Crippen LogP contribution in [0.2, 0.25) is 0 Å². The second-order valence-electron chi connectivity index (χ2n) is 8.52. The van der Waals surface area contributed by atoms with Crippen LogP contribution in [0.1, 0.15) is 29.7 Å². The minimum atomic E-state index is -2.19. The Hall–Kier alpha value is -4.21. The first-order valence-corrected chi connectivity index (χ1v) is 11.4. The van der Waals surface area contributed by atoms with Crippen molar-refractivity contribution in [2.24, 2.45) is 5.16 Å². The van der Waals surface area contributed by atoms with E-state index in [0.717, 1.165) is 41.8 Å². The summed E-state index contributed by atoms with van der Waals surface area (Å²) >= 11 is 0. The van der Waals surface area contributed by atoms with E-state index in [1.807, 2.05) is 42.0 Å². The molecule has 5 rings (SSSR count). The van der Waals surface area contributed by atoms with Gasteiger partial charge in [0, 0.05) is 12.7 Å². The summed E-state index contributed by atoms with van der Waals surface area (Å²) in [4.78, 5) is 24.3. The lowest BCUT2D eigenvalue weighted by atomic mass is 9.93. The lowest BCUT2D eigenvalue weighted by molar-refractivity contribution is -0.188. The van der Waals surface area contributed by atoms with Gasteiger partial charge in [-0.15, -0.1) is 0 Å². The minimum absolute atomic E-state index is 0.293. The zero-order valence-corrected chi connectivity index (χ0v) is 20.0. The van der Waals surface area contributed by atoms with Crippen molar-refractivity contribution in [3.05, 3.63) is 83.0 Å². The third-order valence-corrected chi connectivity index (χ3v) is 6.31. The van der Waals surface area contributed by atoms with E-state index < -0.39 is 28.9 Å². The number of rotatable bonds is 5. The fourth-order valence-electron chi connectivity index (χ4n) is 4.67. The van der Waals surface area contributed by atoms with Gasteiger partial charge in [0.05, 0.1) is 31.9 Å². The molecule has 8 nitrogen and oxygen atoms in total. The van der Waals surface area contributed by atoms with E-state index in [-0.39, 0.29) is 0 Å². The zero-order valence-electron chi connectivity index (χ0n) is 20.0. The average molecular weight is 494 g/mol. The molecule has 3 heterocycles. The highest BCUT2D eigenvalue weighted by molar-refractivity contribution is 6.06. The molecular weight excluding hydrogens is 470 g/mol. The summed E-state index contributed by atoms with van der Waals surface area (Å²) in [7, 11) is 2.73. The number of imidazole rings is 1. The number of ether oxygens (including phenoxy) is 2. The molecule has 186 valence electrons. The number of halogens is 2. The smallest absolute Gasteiger partial charge is 0.380 e.